The van der Waals surface area contributed by atoms with Crippen molar-refractivity contribution in [2.45, 2.75) is 32.3 Å². The predicted molar refractivity (Wildman–Crippen MR) is 80.1 cm³/mol. The van der Waals surface area contributed by atoms with Gasteiger partial charge >= 0.3 is 0 Å². The molecule has 102 valence electrons. The Morgan fingerprint density at radius 1 is 1.26 bits per heavy atom. The van der Waals surface area contributed by atoms with Gasteiger partial charge in [0.1, 0.15) is 0 Å². The summed E-state index contributed by atoms with van der Waals surface area (Å²) in [7, 11) is 1.91. The molecule has 1 heterocycles. The molecule has 0 aliphatic rings. The number of benzene rings is 1. The largest absolute Gasteiger partial charge is 0.389 e. The predicted octanol–water partition coefficient (Wildman–Crippen LogP) is 3.03. The summed E-state index contributed by atoms with van der Waals surface area (Å²) >= 11 is 3.42. The van der Waals surface area contributed by atoms with E-state index in [0.29, 0.717) is 12.8 Å². The summed E-state index contributed by atoms with van der Waals surface area (Å²) in [4.78, 5) is 0. The molecule has 0 radical (unpaired) electrons. The zero-order chi connectivity index (χ0) is 14.0. The van der Waals surface area contributed by atoms with Crippen molar-refractivity contribution < 1.29 is 5.11 Å². The van der Waals surface area contributed by atoms with Gasteiger partial charge in [-0.25, -0.2) is 0 Å². The maximum Gasteiger partial charge on any atom is 0.0715 e. The Balaban J connectivity index is 2.10. The van der Waals surface area contributed by atoms with Gasteiger partial charge in [-0.2, -0.15) is 5.10 Å². The fourth-order valence-corrected chi connectivity index (χ4v) is 2.59. The van der Waals surface area contributed by atoms with Gasteiger partial charge in [0, 0.05) is 30.1 Å². The lowest BCUT2D eigenvalue weighted by Gasteiger charge is -2.23. The van der Waals surface area contributed by atoms with Crippen LogP contribution in [0.3, 0.4) is 0 Å². The Bertz CT molecular complexity index is 558. The maximum absolute atomic E-state index is 10.6. The molecule has 4 heteroatoms. The number of aryl methyl sites for hydroxylation is 2. The first-order valence-corrected chi connectivity index (χ1v) is 7.11. The third-order valence-corrected chi connectivity index (χ3v) is 3.69. The normalized spacial score (nSPS) is 14.4. The number of rotatable bonds is 4. The van der Waals surface area contributed by atoms with Crippen molar-refractivity contribution in [1.82, 2.24) is 9.78 Å². The van der Waals surface area contributed by atoms with Gasteiger partial charge < -0.3 is 5.11 Å². The average molecular weight is 323 g/mol. The average Bonchev–Trinajstić information content (AvgIpc) is 2.59. The zero-order valence-electron chi connectivity index (χ0n) is 11.5. The molecular formula is C15H19BrN2O. The molecule has 0 fully saturated rings. The number of aliphatic hydroxyl groups is 1. The molecule has 0 amide bonds. The van der Waals surface area contributed by atoms with Gasteiger partial charge in [-0.15, -0.1) is 0 Å². The molecule has 2 rings (SSSR count). The van der Waals surface area contributed by atoms with Crippen molar-refractivity contribution in [3.05, 3.63) is 51.8 Å². The minimum absolute atomic E-state index is 0.598. The highest BCUT2D eigenvalue weighted by Crippen LogP contribution is 2.20. The van der Waals surface area contributed by atoms with Gasteiger partial charge in [0.25, 0.3) is 0 Å². The lowest BCUT2D eigenvalue weighted by molar-refractivity contribution is 0.0589. The quantitative estimate of drug-likeness (QED) is 0.939. The number of halogens is 1. The van der Waals surface area contributed by atoms with Crippen molar-refractivity contribution in [1.29, 1.82) is 0 Å². The highest BCUT2D eigenvalue weighted by Gasteiger charge is 2.23. The van der Waals surface area contributed by atoms with E-state index in [9.17, 15) is 5.11 Å². The van der Waals surface area contributed by atoms with Crippen LogP contribution in [-0.4, -0.2) is 20.5 Å². The molecule has 1 N–H and O–H groups in total. The Labute approximate surface area is 122 Å². The molecular weight excluding hydrogens is 304 g/mol. The third-order valence-electron chi connectivity index (χ3n) is 3.16. The number of hydrogen-bond donors (Lipinski definition) is 1. The van der Waals surface area contributed by atoms with Crippen LogP contribution in [-0.2, 0) is 19.9 Å². The van der Waals surface area contributed by atoms with Crippen molar-refractivity contribution in [3.8, 4) is 0 Å². The van der Waals surface area contributed by atoms with E-state index < -0.39 is 5.60 Å². The molecule has 0 saturated carbocycles. The van der Waals surface area contributed by atoms with E-state index in [1.54, 1.807) is 0 Å². The van der Waals surface area contributed by atoms with Crippen LogP contribution < -0.4 is 0 Å². The van der Waals surface area contributed by atoms with Gasteiger partial charge in [0.05, 0.1) is 11.3 Å². The number of aromatic nitrogens is 2. The lowest BCUT2D eigenvalue weighted by atomic mass is 9.92. The van der Waals surface area contributed by atoms with E-state index in [1.807, 2.05) is 55.9 Å². The minimum atomic E-state index is -0.770. The second-order valence-corrected chi connectivity index (χ2v) is 6.29. The molecule has 3 nitrogen and oxygen atoms in total. The molecule has 0 bridgehead atoms. The van der Waals surface area contributed by atoms with Crippen LogP contribution in [0.15, 0.2) is 34.8 Å². The van der Waals surface area contributed by atoms with E-state index in [0.717, 1.165) is 21.4 Å². The lowest BCUT2D eigenvalue weighted by Crippen LogP contribution is -2.31. The summed E-state index contributed by atoms with van der Waals surface area (Å²) in [5.74, 6) is 0. The first-order valence-electron chi connectivity index (χ1n) is 6.32. The number of hydrogen-bond acceptors (Lipinski definition) is 2. The molecule has 1 aromatic carbocycles. The van der Waals surface area contributed by atoms with Gasteiger partial charge in [0.15, 0.2) is 0 Å². The van der Waals surface area contributed by atoms with Crippen molar-refractivity contribution in [3.63, 3.8) is 0 Å². The summed E-state index contributed by atoms with van der Waals surface area (Å²) in [6.07, 6.45) is 1.23. The molecule has 1 unspecified atom stereocenters. The van der Waals surface area contributed by atoms with E-state index in [1.165, 1.54) is 0 Å². The van der Waals surface area contributed by atoms with E-state index in [4.69, 9.17) is 0 Å². The van der Waals surface area contributed by atoms with Crippen molar-refractivity contribution in [2.75, 3.05) is 0 Å². The third kappa shape index (κ3) is 3.91. The second-order valence-electron chi connectivity index (χ2n) is 5.38. The molecule has 1 aromatic heterocycles. The summed E-state index contributed by atoms with van der Waals surface area (Å²) in [5.41, 5.74) is 2.40. The van der Waals surface area contributed by atoms with Crippen LogP contribution in [0.2, 0.25) is 0 Å². The van der Waals surface area contributed by atoms with Gasteiger partial charge in [0.2, 0.25) is 0 Å². The van der Waals surface area contributed by atoms with Crippen LogP contribution in [0, 0.1) is 6.92 Å². The van der Waals surface area contributed by atoms with E-state index >= 15 is 0 Å². The molecule has 0 aliphatic carbocycles. The second kappa shape index (κ2) is 5.47. The Morgan fingerprint density at radius 2 is 1.89 bits per heavy atom. The van der Waals surface area contributed by atoms with E-state index in [-0.39, 0.29) is 0 Å². The van der Waals surface area contributed by atoms with Crippen LogP contribution in [0.1, 0.15) is 23.9 Å². The summed E-state index contributed by atoms with van der Waals surface area (Å²) < 4.78 is 2.89. The van der Waals surface area contributed by atoms with Crippen LogP contribution >= 0.6 is 15.9 Å². The molecule has 1 atom stereocenters. The monoisotopic (exact) mass is 322 g/mol. The number of nitrogens with zero attached hydrogens (tertiary/aromatic N) is 2. The Hall–Kier alpha value is -1.13. The van der Waals surface area contributed by atoms with E-state index in [2.05, 4.69) is 21.0 Å². The van der Waals surface area contributed by atoms with Crippen LogP contribution in [0.4, 0.5) is 0 Å². The fraction of sp³-hybridized carbons (Fsp3) is 0.400. The Morgan fingerprint density at radius 3 is 2.42 bits per heavy atom. The first-order chi connectivity index (χ1) is 8.85. The smallest absolute Gasteiger partial charge is 0.0715 e. The van der Waals surface area contributed by atoms with Crippen molar-refractivity contribution in [2.24, 2.45) is 7.05 Å². The molecule has 0 spiro atoms. The minimum Gasteiger partial charge on any atom is -0.389 e. The SMILES string of the molecule is Cc1cc(CC(C)(O)Cc2ccc(Br)cc2)n(C)n1. The van der Waals surface area contributed by atoms with Gasteiger partial charge in [-0.05, 0) is 37.6 Å². The molecule has 2 aromatic rings. The standard InChI is InChI=1S/C15H19BrN2O/c1-11-8-14(18(3)17-11)10-15(2,19)9-12-4-6-13(16)7-5-12/h4-8,19H,9-10H2,1-3H3. The highest BCUT2D eigenvalue weighted by molar-refractivity contribution is 9.10. The van der Waals surface area contributed by atoms with Crippen LogP contribution in [0.25, 0.3) is 0 Å². The Kier molecular flexibility index (Phi) is 4.11. The summed E-state index contributed by atoms with van der Waals surface area (Å²) in [6.45, 7) is 3.84. The zero-order valence-corrected chi connectivity index (χ0v) is 13.1. The summed E-state index contributed by atoms with van der Waals surface area (Å²) in [5, 5.41) is 14.9. The first kappa shape index (κ1) is 14.3. The molecule has 0 saturated heterocycles. The van der Waals surface area contributed by atoms with Crippen molar-refractivity contribution >= 4 is 15.9 Å². The van der Waals surface area contributed by atoms with Gasteiger partial charge in [-0.1, -0.05) is 28.1 Å². The maximum atomic E-state index is 10.6. The highest BCUT2D eigenvalue weighted by atomic mass is 79.9. The summed E-state index contributed by atoms with van der Waals surface area (Å²) in [6, 6.07) is 10.1. The fourth-order valence-electron chi connectivity index (χ4n) is 2.32. The molecule has 19 heavy (non-hydrogen) atoms. The van der Waals surface area contributed by atoms with Gasteiger partial charge in [-0.3, -0.25) is 4.68 Å². The molecule has 0 aliphatic heterocycles. The van der Waals surface area contributed by atoms with Crippen LogP contribution in [0.5, 0.6) is 0 Å². The topological polar surface area (TPSA) is 38.0 Å².